The lowest BCUT2D eigenvalue weighted by Gasteiger charge is -2.36. The number of nitrogens with zero attached hydrogens (tertiary/aromatic N) is 2. The van der Waals surface area contributed by atoms with Crippen LogP contribution in [0, 0.1) is 6.92 Å². The van der Waals surface area contributed by atoms with Crippen molar-refractivity contribution in [1.29, 1.82) is 0 Å². The second kappa shape index (κ2) is 6.88. The minimum absolute atomic E-state index is 0.0425. The summed E-state index contributed by atoms with van der Waals surface area (Å²) in [5.74, 6) is -1.49. The number of aromatic carboxylic acids is 1. The second-order valence-corrected chi connectivity index (χ2v) is 8.54. The van der Waals surface area contributed by atoms with Crippen LogP contribution in [0.2, 0.25) is 0 Å². The lowest BCUT2D eigenvalue weighted by atomic mass is 9.93. The zero-order valence-electron chi connectivity index (χ0n) is 14.0. The number of aromatic nitrogens is 1. The van der Waals surface area contributed by atoms with E-state index >= 15 is 0 Å². The molecule has 1 amide bonds. The number of carbonyl (C=O) groups is 2. The second-order valence-electron chi connectivity index (χ2n) is 6.27. The Labute approximate surface area is 141 Å². The molecule has 1 N–H and O–H groups in total. The molecule has 24 heavy (non-hydrogen) atoms. The summed E-state index contributed by atoms with van der Waals surface area (Å²) in [5, 5.41) is 8.46. The van der Waals surface area contributed by atoms with E-state index in [9.17, 15) is 18.0 Å². The smallest absolute Gasteiger partial charge is 0.337 e. The molecule has 2 unspecified atom stereocenters. The molecule has 7 nitrogen and oxygen atoms in total. The molecule has 1 aromatic heterocycles. The van der Waals surface area contributed by atoms with Crippen LogP contribution in [0.3, 0.4) is 0 Å². The number of sulfone groups is 1. The van der Waals surface area contributed by atoms with Crippen LogP contribution in [-0.4, -0.2) is 59.9 Å². The van der Waals surface area contributed by atoms with E-state index in [0.29, 0.717) is 12.8 Å². The summed E-state index contributed by atoms with van der Waals surface area (Å²) < 4.78 is 24.0. The predicted molar refractivity (Wildman–Crippen MR) is 88.9 cm³/mol. The van der Waals surface area contributed by atoms with E-state index in [0.717, 1.165) is 12.8 Å². The first-order chi connectivity index (χ1) is 11.1. The summed E-state index contributed by atoms with van der Waals surface area (Å²) >= 11 is 0. The lowest BCUT2D eigenvalue weighted by molar-refractivity contribution is 0.0679. The van der Waals surface area contributed by atoms with Crippen LogP contribution in [0.1, 0.15) is 52.2 Å². The molecule has 1 saturated carbocycles. The summed E-state index contributed by atoms with van der Waals surface area (Å²) in [4.78, 5) is 29.2. The molecule has 0 saturated heterocycles. The summed E-state index contributed by atoms with van der Waals surface area (Å²) in [5.41, 5.74) is 0.420. The summed E-state index contributed by atoms with van der Waals surface area (Å²) in [6, 6.07) is 2.33. The van der Waals surface area contributed by atoms with Gasteiger partial charge < -0.3 is 10.0 Å². The average Bonchev–Trinajstić information content (AvgIpc) is 2.52. The largest absolute Gasteiger partial charge is 0.478 e. The molecule has 8 heteroatoms. The van der Waals surface area contributed by atoms with Gasteiger partial charge in [-0.1, -0.05) is 12.8 Å². The van der Waals surface area contributed by atoms with Crippen molar-refractivity contribution in [3.05, 3.63) is 29.1 Å². The van der Waals surface area contributed by atoms with Crippen LogP contribution in [0.25, 0.3) is 0 Å². The number of carboxylic acids is 1. The first-order valence-electron chi connectivity index (χ1n) is 7.80. The average molecular weight is 354 g/mol. The number of carbonyl (C=O) groups excluding carboxylic acids is 1. The van der Waals surface area contributed by atoms with Gasteiger partial charge in [0.2, 0.25) is 0 Å². The van der Waals surface area contributed by atoms with E-state index in [4.69, 9.17) is 5.11 Å². The number of amides is 1. The van der Waals surface area contributed by atoms with Crippen molar-refractivity contribution in [3.8, 4) is 0 Å². The lowest BCUT2D eigenvalue weighted by Crippen LogP contribution is -2.49. The summed E-state index contributed by atoms with van der Waals surface area (Å²) in [6.45, 7) is 1.53. The molecule has 0 spiro atoms. The molecule has 1 heterocycles. The van der Waals surface area contributed by atoms with Crippen molar-refractivity contribution in [2.75, 3.05) is 13.3 Å². The van der Waals surface area contributed by atoms with Gasteiger partial charge in [-0.2, -0.15) is 0 Å². The van der Waals surface area contributed by atoms with E-state index in [1.165, 1.54) is 30.2 Å². The fourth-order valence-electron chi connectivity index (χ4n) is 3.26. The van der Waals surface area contributed by atoms with E-state index < -0.39 is 27.0 Å². The molecule has 1 aliphatic rings. The molecular weight excluding hydrogens is 332 g/mol. The fourth-order valence-corrected chi connectivity index (χ4v) is 4.74. The predicted octanol–water partition coefficient (Wildman–Crippen LogP) is 1.52. The Morgan fingerprint density at radius 3 is 2.42 bits per heavy atom. The monoisotopic (exact) mass is 354 g/mol. The normalized spacial score (nSPS) is 21.3. The standard InChI is InChI=1S/C16H22N2O5S/c1-10-11(16(20)21)8-9-12(17-10)15(19)18(2)13-6-4-5-7-14(13)24(3,22)23/h8-9,13-14H,4-7H2,1-3H3,(H,20,21). The fraction of sp³-hybridized carbons (Fsp3) is 0.562. The maximum absolute atomic E-state index is 12.7. The molecule has 0 aromatic carbocycles. The molecule has 0 radical (unpaired) electrons. The van der Waals surface area contributed by atoms with Crippen molar-refractivity contribution >= 4 is 21.7 Å². The van der Waals surface area contributed by atoms with E-state index in [1.807, 2.05) is 0 Å². The molecule has 1 aliphatic carbocycles. The van der Waals surface area contributed by atoms with Gasteiger partial charge in [-0.05, 0) is 31.9 Å². The number of rotatable bonds is 4. The highest BCUT2D eigenvalue weighted by Crippen LogP contribution is 2.28. The third-order valence-corrected chi connectivity index (χ3v) is 6.22. The topological polar surface area (TPSA) is 105 Å². The van der Waals surface area contributed by atoms with Crippen LogP contribution in [-0.2, 0) is 9.84 Å². The number of aryl methyl sites for hydroxylation is 1. The van der Waals surface area contributed by atoms with Gasteiger partial charge in [-0.3, -0.25) is 4.79 Å². The van der Waals surface area contributed by atoms with Crippen LogP contribution in [0.4, 0.5) is 0 Å². The van der Waals surface area contributed by atoms with Gasteiger partial charge in [-0.15, -0.1) is 0 Å². The van der Waals surface area contributed by atoms with Crippen molar-refractivity contribution in [2.24, 2.45) is 0 Å². The Kier molecular flexibility index (Phi) is 5.27. The maximum atomic E-state index is 12.7. The molecule has 2 rings (SSSR count). The van der Waals surface area contributed by atoms with Crippen molar-refractivity contribution in [3.63, 3.8) is 0 Å². The van der Waals surface area contributed by atoms with Gasteiger partial charge in [0.15, 0.2) is 9.84 Å². The number of hydrogen-bond acceptors (Lipinski definition) is 5. The Morgan fingerprint density at radius 1 is 1.25 bits per heavy atom. The number of hydrogen-bond donors (Lipinski definition) is 1. The van der Waals surface area contributed by atoms with Gasteiger partial charge >= 0.3 is 5.97 Å². The van der Waals surface area contributed by atoms with Crippen LogP contribution >= 0.6 is 0 Å². The first-order valence-corrected chi connectivity index (χ1v) is 9.75. The third-order valence-electron chi connectivity index (χ3n) is 4.57. The van der Waals surface area contributed by atoms with E-state index in [2.05, 4.69) is 4.98 Å². The van der Waals surface area contributed by atoms with Gasteiger partial charge in [0.05, 0.1) is 16.5 Å². The highest BCUT2D eigenvalue weighted by atomic mass is 32.2. The first kappa shape index (κ1) is 18.4. The van der Waals surface area contributed by atoms with Crippen molar-refractivity contribution in [1.82, 2.24) is 9.88 Å². The number of carboxylic acid groups (broad SMARTS) is 1. The van der Waals surface area contributed by atoms with Crippen molar-refractivity contribution < 1.29 is 23.1 Å². The van der Waals surface area contributed by atoms with Gasteiger partial charge in [-0.25, -0.2) is 18.2 Å². The quantitative estimate of drug-likeness (QED) is 0.879. The van der Waals surface area contributed by atoms with Crippen molar-refractivity contribution in [2.45, 2.75) is 43.9 Å². The van der Waals surface area contributed by atoms with Crippen LogP contribution in [0.5, 0.6) is 0 Å². The zero-order chi connectivity index (χ0) is 18.1. The minimum Gasteiger partial charge on any atom is -0.478 e. The van der Waals surface area contributed by atoms with Crippen LogP contribution in [0.15, 0.2) is 12.1 Å². The molecule has 1 aromatic rings. The Morgan fingerprint density at radius 2 is 1.88 bits per heavy atom. The SMILES string of the molecule is Cc1nc(C(=O)N(C)C2CCCCC2S(C)(=O)=O)ccc1C(=O)O. The minimum atomic E-state index is -3.25. The Hall–Kier alpha value is -1.96. The van der Waals surface area contributed by atoms with Gasteiger partial charge in [0.25, 0.3) is 5.91 Å². The van der Waals surface area contributed by atoms with Crippen LogP contribution < -0.4 is 0 Å². The molecule has 2 atom stereocenters. The third kappa shape index (κ3) is 3.75. The molecule has 132 valence electrons. The molecule has 0 aliphatic heterocycles. The molecular formula is C16H22N2O5S. The Bertz CT molecular complexity index is 760. The van der Waals surface area contributed by atoms with E-state index in [1.54, 1.807) is 7.05 Å². The highest BCUT2D eigenvalue weighted by molar-refractivity contribution is 7.91. The highest BCUT2D eigenvalue weighted by Gasteiger charge is 2.37. The molecule has 0 bridgehead atoms. The van der Waals surface area contributed by atoms with Gasteiger partial charge in [0.1, 0.15) is 5.69 Å². The Balaban J connectivity index is 2.28. The van der Waals surface area contributed by atoms with E-state index in [-0.39, 0.29) is 23.0 Å². The van der Waals surface area contributed by atoms with Gasteiger partial charge in [0, 0.05) is 19.3 Å². The molecule has 1 fully saturated rings. The maximum Gasteiger partial charge on any atom is 0.337 e. The summed E-state index contributed by atoms with van der Waals surface area (Å²) in [7, 11) is -1.67. The number of pyridine rings is 1. The zero-order valence-corrected chi connectivity index (χ0v) is 14.8. The summed E-state index contributed by atoms with van der Waals surface area (Å²) in [6.07, 6.45) is 4.09.